The van der Waals surface area contributed by atoms with Crippen molar-refractivity contribution in [1.29, 1.82) is 5.26 Å². The van der Waals surface area contributed by atoms with Gasteiger partial charge in [0.25, 0.3) is 0 Å². The quantitative estimate of drug-likeness (QED) is 0.823. The third-order valence-corrected chi connectivity index (χ3v) is 3.47. The van der Waals surface area contributed by atoms with Gasteiger partial charge in [0.1, 0.15) is 0 Å². The zero-order chi connectivity index (χ0) is 11.9. The second kappa shape index (κ2) is 3.34. The highest BCUT2D eigenvalue weighted by Gasteiger charge is 2.62. The summed E-state index contributed by atoms with van der Waals surface area (Å²) in [6.07, 6.45) is 0. The fourth-order valence-corrected chi connectivity index (χ4v) is 2.52. The van der Waals surface area contributed by atoms with E-state index < -0.39 is 5.97 Å². The molecule has 1 aliphatic carbocycles. The maximum absolute atomic E-state index is 11.1. The lowest BCUT2D eigenvalue weighted by Gasteiger charge is -2.02. The van der Waals surface area contributed by atoms with Gasteiger partial charge in [-0.05, 0) is 23.1 Å². The van der Waals surface area contributed by atoms with E-state index in [1.54, 1.807) is 18.2 Å². The van der Waals surface area contributed by atoms with Crippen molar-refractivity contribution in [2.45, 2.75) is 19.8 Å². The van der Waals surface area contributed by atoms with Gasteiger partial charge in [-0.25, -0.2) is 0 Å². The van der Waals surface area contributed by atoms with Gasteiger partial charge >= 0.3 is 5.97 Å². The van der Waals surface area contributed by atoms with Crippen molar-refractivity contribution >= 4 is 5.97 Å². The molecule has 2 rings (SSSR count). The first-order chi connectivity index (χ1) is 7.48. The minimum atomic E-state index is -0.752. The monoisotopic (exact) mass is 215 g/mol. The Morgan fingerprint density at radius 2 is 2.19 bits per heavy atom. The predicted molar refractivity (Wildman–Crippen MR) is 58.8 cm³/mol. The molecule has 1 aromatic carbocycles. The van der Waals surface area contributed by atoms with E-state index in [9.17, 15) is 4.79 Å². The molecule has 1 saturated carbocycles. The lowest BCUT2D eigenvalue weighted by atomic mass is 10.0. The molecule has 16 heavy (non-hydrogen) atoms. The molecule has 0 amide bonds. The first-order valence-corrected chi connectivity index (χ1v) is 5.21. The third kappa shape index (κ3) is 1.47. The molecule has 0 aliphatic heterocycles. The smallest absolute Gasteiger partial charge is 0.307 e. The molecule has 3 nitrogen and oxygen atoms in total. The van der Waals surface area contributed by atoms with Crippen LogP contribution < -0.4 is 0 Å². The van der Waals surface area contributed by atoms with Crippen LogP contribution in [0, 0.1) is 22.7 Å². The van der Waals surface area contributed by atoms with Gasteiger partial charge in [-0.3, -0.25) is 4.79 Å². The molecule has 0 bridgehead atoms. The zero-order valence-electron chi connectivity index (χ0n) is 9.27. The second-order valence-corrected chi connectivity index (χ2v) is 4.85. The number of benzene rings is 1. The molecular formula is C13H13NO2. The molecule has 1 fully saturated rings. The number of hydrogen-bond donors (Lipinski definition) is 1. The number of nitriles is 1. The van der Waals surface area contributed by atoms with Crippen molar-refractivity contribution in [3.8, 4) is 6.07 Å². The van der Waals surface area contributed by atoms with Crippen molar-refractivity contribution in [1.82, 2.24) is 0 Å². The number of hydrogen-bond acceptors (Lipinski definition) is 2. The van der Waals surface area contributed by atoms with Crippen LogP contribution in [-0.2, 0) is 4.79 Å². The van der Waals surface area contributed by atoms with Crippen LogP contribution in [0.3, 0.4) is 0 Å². The SMILES string of the molecule is CC1(C)C(C(=O)O)C1c1cccc(C#N)c1. The van der Waals surface area contributed by atoms with Crippen LogP contribution in [0.2, 0.25) is 0 Å². The predicted octanol–water partition coefficient (Wildman–Crippen LogP) is 2.38. The Hall–Kier alpha value is -1.82. The maximum Gasteiger partial charge on any atom is 0.307 e. The third-order valence-electron chi connectivity index (χ3n) is 3.47. The molecule has 2 atom stereocenters. The summed E-state index contributed by atoms with van der Waals surface area (Å²) < 4.78 is 0. The lowest BCUT2D eigenvalue weighted by molar-refractivity contribution is -0.139. The van der Waals surface area contributed by atoms with Crippen molar-refractivity contribution in [2.24, 2.45) is 11.3 Å². The zero-order valence-corrected chi connectivity index (χ0v) is 9.27. The summed E-state index contributed by atoms with van der Waals surface area (Å²) >= 11 is 0. The number of rotatable bonds is 2. The van der Waals surface area contributed by atoms with Crippen LogP contribution in [-0.4, -0.2) is 11.1 Å². The van der Waals surface area contributed by atoms with E-state index in [1.165, 1.54) is 0 Å². The Kier molecular flexibility index (Phi) is 2.23. The Morgan fingerprint density at radius 3 is 2.69 bits per heavy atom. The van der Waals surface area contributed by atoms with Crippen LogP contribution >= 0.6 is 0 Å². The number of nitrogens with zero attached hydrogens (tertiary/aromatic N) is 1. The van der Waals surface area contributed by atoms with Gasteiger partial charge in [0.15, 0.2) is 0 Å². The van der Waals surface area contributed by atoms with Crippen molar-refractivity contribution in [3.05, 3.63) is 35.4 Å². The van der Waals surface area contributed by atoms with E-state index in [2.05, 4.69) is 6.07 Å². The first-order valence-electron chi connectivity index (χ1n) is 5.21. The van der Waals surface area contributed by atoms with Gasteiger partial charge in [0, 0.05) is 5.92 Å². The average molecular weight is 215 g/mol. The molecule has 0 aromatic heterocycles. The van der Waals surface area contributed by atoms with Gasteiger partial charge < -0.3 is 5.11 Å². The van der Waals surface area contributed by atoms with Gasteiger partial charge in [-0.2, -0.15) is 5.26 Å². The van der Waals surface area contributed by atoms with Crippen LogP contribution in [0.4, 0.5) is 0 Å². The minimum Gasteiger partial charge on any atom is -0.481 e. The summed E-state index contributed by atoms with van der Waals surface area (Å²) in [5, 5.41) is 17.9. The molecule has 3 heteroatoms. The van der Waals surface area contributed by atoms with Crippen molar-refractivity contribution in [3.63, 3.8) is 0 Å². The number of carboxylic acids is 1. The van der Waals surface area contributed by atoms with Crippen LogP contribution in [0.5, 0.6) is 0 Å². The van der Waals surface area contributed by atoms with Crippen LogP contribution in [0.1, 0.15) is 30.9 Å². The van der Waals surface area contributed by atoms with Crippen molar-refractivity contribution in [2.75, 3.05) is 0 Å². The van der Waals surface area contributed by atoms with E-state index in [0.29, 0.717) is 5.56 Å². The fraction of sp³-hybridized carbons (Fsp3) is 0.385. The molecule has 1 aliphatic rings. The summed E-state index contributed by atoms with van der Waals surface area (Å²) in [7, 11) is 0. The molecule has 0 radical (unpaired) electrons. The van der Waals surface area contributed by atoms with Crippen molar-refractivity contribution < 1.29 is 9.90 Å². The number of aliphatic carboxylic acids is 1. The van der Waals surface area contributed by atoms with E-state index in [4.69, 9.17) is 10.4 Å². The summed E-state index contributed by atoms with van der Waals surface area (Å²) in [5.41, 5.74) is 1.33. The Balaban J connectivity index is 2.34. The molecule has 0 saturated heterocycles. The second-order valence-electron chi connectivity index (χ2n) is 4.85. The van der Waals surface area contributed by atoms with Gasteiger partial charge in [0.05, 0.1) is 17.6 Å². The standard InChI is InChI=1S/C13H13NO2/c1-13(2)10(11(13)12(15)16)9-5-3-4-8(6-9)7-14/h3-6,10-11H,1-2H3,(H,15,16). The fourth-order valence-electron chi connectivity index (χ4n) is 2.52. The van der Waals surface area contributed by atoms with E-state index in [1.807, 2.05) is 19.9 Å². The Bertz CT molecular complexity index is 485. The number of carbonyl (C=O) groups is 1. The highest BCUT2D eigenvalue weighted by molar-refractivity contribution is 5.77. The Labute approximate surface area is 94.3 Å². The summed E-state index contributed by atoms with van der Waals surface area (Å²) in [6, 6.07) is 9.30. The molecular weight excluding hydrogens is 202 g/mol. The molecule has 82 valence electrons. The largest absolute Gasteiger partial charge is 0.481 e. The molecule has 1 aromatic rings. The minimum absolute atomic E-state index is 0.0262. The lowest BCUT2D eigenvalue weighted by Crippen LogP contribution is -2.03. The normalized spacial score (nSPS) is 25.8. The highest BCUT2D eigenvalue weighted by Crippen LogP contribution is 2.64. The number of carboxylic acid groups (broad SMARTS) is 1. The van der Waals surface area contributed by atoms with Gasteiger partial charge in [-0.1, -0.05) is 26.0 Å². The molecule has 1 N–H and O–H groups in total. The topological polar surface area (TPSA) is 61.1 Å². The summed E-state index contributed by atoms with van der Waals surface area (Å²) in [6.45, 7) is 3.91. The van der Waals surface area contributed by atoms with E-state index in [-0.39, 0.29) is 17.3 Å². The molecule has 0 spiro atoms. The van der Waals surface area contributed by atoms with Gasteiger partial charge in [-0.15, -0.1) is 0 Å². The summed E-state index contributed by atoms with van der Waals surface area (Å²) in [5.74, 6) is -1.06. The van der Waals surface area contributed by atoms with E-state index in [0.717, 1.165) is 5.56 Å². The maximum atomic E-state index is 11.1. The van der Waals surface area contributed by atoms with Gasteiger partial charge in [0.2, 0.25) is 0 Å². The van der Waals surface area contributed by atoms with Crippen LogP contribution in [0.15, 0.2) is 24.3 Å². The summed E-state index contributed by atoms with van der Waals surface area (Å²) in [4.78, 5) is 11.1. The molecule has 0 heterocycles. The highest BCUT2D eigenvalue weighted by atomic mass is 16.4. The van der Waals surface area contributed by atoms with Crippen LogP contribution in [0.25, 0.3) is 0 Å². The Morgan fingerprint density at radius 1 is 1.50 bits per heavy atom. The molecule has 2 unspecified atom stereocenters. The average Bonchev–Trinajstić information content (AvgIpc) is 2.82. The first kappa shape index (κ1) is 10.7. The van der Waals surface area contributed by atoms with E-state index >= 15 is 0 Å².